The highest BCUT2D eigenvalue weighted by Gasteiger charge is 2.48. The predicted octanol–water partition coefficient (Wildman–Crippen LogP) is 5.80. The van der Waals surface area contributed by atoms with Gasteiger partial charge in [0.05, 0.1) is 68.3 Å². The Labute approximate surface area is 711 Å². The molecule has 0 aromatic heterocycles. The van der Waals surface area contributed by atoms with Gasteiger partial charge in [0.15, 0.2) is 6.61 Å². The van der Waals surface area contributed by atoms with Crippen LogP contribution in [-0.2, 0) is 76.8 Å². The topological polar surface area (TPSA) is 564 Å². The van der Waals surface area contributed by atoms with Crippen LogP contribution in [0.5, 0.6) is 17.2 Å². The van der Waals surface area contributed by atoms with E-state index in [2.05, 4.69) is 55.2 Å². The van der Waals surface area contributed by atoms with Gasteiger partial charge < -0.3 is 124 Å². The molecule has 0 unspecified atom stereocenters. The molecular weight excluding hydrogens is 1550 g/mol. The van der Waals surface area contributed by atoms with E-state index < -0.39 is 67.2 Å². The summed E-state index contributed by atoms with van der Waals surface area (Å²) >= 11 is 0. The highest BCUT2D eigenvalue weighted by atomic mass is 16.5. The molecular formula is C91H152N6O23. The smallest absolute Gasteiger partial charge is 0.341 e. The maximum Gasteiger partial charge on any atom is 0.341 e. The lowest BCUT2D eigenvalue weighted by atomic mass is 9.73. The first-order valence-corrected chi connectivity index (χ1v) is 44.6. The Balaban J connectivity index is 0.000000387. The van der Waals surface area contributed by atoms with Gasteiger partial charge in [-0.05, 0) is 285 Å². The summed E-state index contributed by atoms with van der Waals surface area (Å²) in [4.78, 5) is 72.6. The minimum Gasteiger partial charge on any atom is -0.546 e. The number of ether oxygens (including phenoxy) is 4. The number of hydrogen-bond donors (Lipinski definition) is 16. The Morgan fingerprint density at radius 1 is 0.425 bits per heavy atom. The maximum absolute atomic E-state index is 10.8. The summed E-state index contributed by atoms with van der Waals surface area (Å²) in [5, 5.41) is 118. The number of aliphatic hydroxyl groups is 6. The molecule has 0 bridgehead atoms. The second-order valence-electron chi connectivity index (χ2n) is 33.5. The molecule has 0 aliphatic heterocycles. The number of rotatable bonds is 46. The van der Waals surface area contributed by atoms with Crippen molar-refractivity contribution in [1.29, 1.82) is 0 Å². The van der Waals surface area contributed by atoms with Gasteiger partial charge in [-0.2, -0.15) is 0 Å². The van der Waals surface area contributed by atoms with E-state index in [-0.39, 0.29) is 67.0 Å². The van der Waals surface area contributed by atoms with Gasteiger partial charge in [-0.3, -0.25) is 19.2 Å². The highest BCUT2D eigenvalue weighted by molar-refractivity contribution is 5.74. The number of carbonyl (C=O) groups excluding carboxylic acids is 3. The van der Waals surface area contributed by atoms with Crippen molar-refractivity contribution in [2.45, 2.75) is 321 Å². The van der Waals surface area contributed by atoms with Gasteiger partial charge in [0, 0.05) is 6.92 Å². The first-order chi connectivity index (χ1) is 57.3. The zero-order valence-electron chi connectivity index (χ0n) is 72.5. The fourth-order valence-electron chi connectivity index (χ4n) is 17.9. The van der Waals surface area contributed by atoms with Crippen LogP contribution in [0.1, 0.15) is 261 Å². The second kappa shape index (κ2) is 60.4. The predicted molar refractivity (Wildman–Crippen MR) is 452 cm³/mol. The van der Waals surface area contributed by atoms with Crippen LogP contribution >= 0.6 is 0 Å². The largest absolute Gasteiger partial charge is 0.546 e. The number of unbranched alkanes of at least 4 members (excludes halogenated alkanes) is 9. The number of fused-ring (bicyclic) bond motifs is 6. The number of aliphatic carboxylic acids is 6. The van der Waals surface area contributed by atoms with Gasteiger partial charge in [-0.25, -0.2) is 4.79 Å². The minimum atomic E-state index is -1.22. The van der Waals surface area contributed by atoms with Crippen molar-refractivity contribution in [3.05, 3.63) is 88.0 Å². The Hall–Kier alpha value is -7.13. The van der Waals surface area contributed by atoms with E-state index in [1.54, 1.807) is 6.92 Å². The molecule has 0 spiro atoms. The Bertz CT molecular complexity index is 3080. The molecule has 684 valence electrons. The van der Waals surface area contributed by atoms with Crippen LogP contribution in [0, 0.1) is 53.3 Å². The SMILES string of the molecule is CCCCC[C@H](O)CC[C@@H]1[C@H]2Cc3cccc(OCC(=O)O)c3C[C@H]2C[C@H]1O.CCCCC[C@H](O)CC[C@@H]1[C@H]2Cc3cccc(OCC(=O)[O-])c3C[C@H]2C[C@H]1O.CCCCC[C@H](O)CC[C@@H]1[C@H]2Cc3cccc(OCC(=O)[O-])c3C[C@H]2C[C@H]1O.CCOC(C)=O.NCCCC[C@H](N)C(=O)O.N[C@@H](CCCC[NH3+])C(=O)O.N[C@@H](CCCC[NH3+])C(=O)O. The molecule has 18 atom stereocenters. The van der Waals surface area contributed by atoms with Crippen LogP contribution in [-0.4, -0.2) is 194 Å². The first kappa shape index (κ1) is 107. The van der Waals surface area contributed by atoms with Crippen LogP contribution < -0.4 is 58.8 Å². The second-order valence-corrected chi connectivity index (χ2v) is 33.5. The van der Waals surface area contributed by atoms with E-state index in [1.807, 2.05) is 36.4 Å². The highest BCUT2D eigenvalue weighted by Crippen LogP contribution is 2.52. The normalized spacial score (nSPS) is 22.6. The molecule has 0 heterocycles. The van der Waals surface area contributed by atoms with E-state index >= 15 is 0 Å². The minimum absolute atomic E-state index is 0.211. The van der Waals surface area contributed by atoms with Crippen molar-refractivity contribution in [3.63, 3.8) is 0 Å². The van der Waals surface area contributed by atoms with Gasteiger partial charge in [-0.1, -0.05) is 121 Å². The summed E-state index contributed by atoms with van der Waals surface area (Å²) in [6.45, 7) is 11.3. The van der Waals surface area contributed by atoms with Gasteiger partial charge in [-0.15, -0.1) is 0 Å². The monoisotopic (exact) mass is 1700 g/mol. The summed E-state index contributed by atoms with van der Waals surface area (Å²) in [6, 6.07) is 15.4. The summed E-state index contributed by atoms with van der Waals surface area (Å²) in [6.07, 6.45) is 30.3. The molecule has 9 rings (SSSR count). The van der Waals surface area contributed by atoms with Gasteiger partial charge in [0.2, 0.25) is 0 Å². The number of hydrogen-bond acceptors (Lipinski definition) is 23. The standard InChI is InChI=1S/3C23H34O5.3C6H14N2O2.C4H8O2/c3*1-2-3-4-7-17(24)9-10-18-19-11-15-6-5-8-22(28-14-23(26)27)20(15)12-16(19)13-21(18)25;3*7-4-2-1-3-5(8)6(9)10;1-3-6-4(2)5/h3*5-6,8,16-19,21,24-25H,2-4,7,9-14H2,1H3,(H,26,27);3*5H,1-4,7-8H2,(H,9,10);3H2,1-2H3/t3*16-,17-,18+,19-,21+;3*5-;/m000000./s1. The van der Waals surface area contributed by atoms with Crippen LogP contribution in [0.25, 0.3) is 0 Å². The molecule has 3 aromatic carbocycles. The molecule has 0 saturated heterocycles. The quantitative estimate of drug-likeness (QED) is 0.0235. The average Bonchev–Trinajstić information content (AvgIpc) is 1.63. The summed E-state index contributed by atoms with van der Waals surface area (Å²) < 4.78 is 20.8. The number of carbonyl (C=O) groups is 7. The number of nitrogens with two attached hydrogens (primary N) is 4. The van der Waals surface area contributed by atoms with Gasteiger partial charge in [0.25, 0.3) is 0 Å². The van der Waals surface area contributed by atoms with Crippen molar-refractivity contribution >= 4 is 41.8 Å². The van der Waals surface area contributed by atoms with Gasteiger partial charge >= 0.3 is 29.8 Å². The zero-order chi connectivity index (χ0) is 89.2. The van der Waals surface area contributed by atoms with E-state index in [0.717, 1.165) is 242 Å². The maximum atomic E-state index is 10.8. The molecule has 29 heteroatoms. The fourth-order valence-corrected chi connectivity index (χ4v) is 17.9. The molecule has 3 fully saturated rings. The number of benzene rings is 3. The van der Waals surface area contributed by atoms with E-state index in [4.69, 9.17) is 57.6 Å². The first-order valence-electron chi connectivity index (χ1n) is 44.6. The number of carboxylic acids is 6. The van der Waals surface area contributed by atoms with Crippen LogP contribution in [0.2, 0.25) is 0 Å². The molecule has 6 aliphatic rings. The van der Waals surface area contributed by atoms with E-state index in [1.165, 1.54) is 23.6 Å². The molecule has 24 N–H and O–H groups in total. The zero-order valence-corrected chi connectivity index (χ0v) is 72.5. The average molecular weight is 1700 g/mol. The number of carboxylic acid groups (broad SMARTS) is 6. The number of esters is 1. The Morgan fingerprint density at radius 2 is 0.717 bits per heavy atom. The Morgan fingerprint density at radius 3 is 0.958 bits per heavy atom. The third-order valence-electron chi connectivity index (χ3n) is 24.3. The number of aliphatic hydroxyl groups excluding tert-OH is 6. The van der Waals surface area contributed by atoms with Crippen molar-refractivity contribution in [2.75, 3.05) is 46.1 Å². The Kier molecular flexibility index (Phi) is 53.9. The lowest BCUT2D eigenvalue weighted by molar-refractivity contribution is -0.368. The fraction of sp³-hybridized carbons (Fsp3) is 0.725. The molecule has 29 nitrogen and oxygen atoms in total. The van der Waals surface area contributed by atoms with Crippen molar-refractivity contribution in [1.82, 2.24) is 0 Å². The summed E-state index contributed by atoms with van der Waals surface area (Å²) in [5.74, 6) is -1.32. The number of quaternary nitrogens is 2. The molecule has 120 heavy (non-hydrogen) atoms. The van der Waals surface area contributed by atoms with Crippen molar-refractivity contribution < 1.29 is 125 Å². The molecule has 0 radical (unpaired) electrons. The molecule has 6 aliphatic carbocycles. The van der Waals surface area contributed by atoms with E-state index in [0.29, 0.717) is 85.2 Å². The van der Waals surface area contributed by atoms with Crippen molar-refractivity contribution in [3.8, 4) is 17.2 Å². The summed E-state index contributed by atoms with van der Waals surface area (Å²) in [7, 11) is 0. The molecule has 3 saturated carbocycles. The summed E-state index contributed by atoms with van der Waals surface area (Å²) in [5.41, 5.74) is 35.0. The van der Waals surface area contributed by atoms with Crippen molar-refractivity contribution in [2.24, 2.45) is 76.2 Å². The lowest BCUT2D eigenvalue weighted by Gasteiger charge is -2.32. The molecule has 3 aromatic rings. The lowest BCUT2D eigenvalue weighted by Crippen LogP contribution is -2.50. The third kappa shape index (κ3) is 40.5. The van der Waals surface area contributed by atoms with Crippen LogP contribution in [0.4, 0.5) is 0 Å². The third-order valence-corrected chi connectivity index (χ3v) is 24.3. The van der Waals surface area contributed by atoms with Crippen LogP contribution in [0.15, 0.2) is 54.6 Å². The van der Waals surface area contributed by atoms with Gasteiger partial charge in [0.1, 0.15) is 48.6 Å². The van der Waals surface area contributed by atoms with E-state index in [9.17, 15) is 74.4 Å². The molecule has 0 amide bonds. The van der Waals surface area contributed by atoms with Crippen LogP contribution in [0.3, 0.4) is 0 Å².